The summed E-state index contributed by atoms with van der Waals surface area (Å²) in [4.78, 5) is 2.30. The summed E-state index contributed by atoms with van der Waals surface area (Å²) in [5.41, 5.74) is 3.44. The summed E-state index contributed by atoms with van der Waals surface area (Å²) >= 11 is 5.56. The van der Waals surface area contributed by atoms with Gasteiger partial charge in [-0.05, 0) is 64.5 Å². The molecule has 2 aromatic carbocycles. The lowest BCUT2D eigenvalue weighted by atomic mass is 9.99. The number of fused-ring (bicyclic) bond motifs is 1. The monoisotopic (exact) mass is 383 g/mol. The molecule has 0 aliphatic carbocycles. The van der Waals surface area contributed by atoms with Crippen LogP contribution in [0.15, 0.2) is 42.5 Å². The van der Waals surface area contributed by atoms with E-state index in [1.807, 2.05) is 30.3 Å². The van der Waals surface area contributed by atoms with Gasteiger partial charge in [-0.1, -0.05) is 18.2 Å². The predicted octanol–water partition coefficient (Wildman–Crippen LogP) is 2.83. The lowest BCUT2D eigenvalue weighted by Gasteiger charge is -2.29. The van der Waals surface area contributed by atoms with Crippen molar-refractivity contribution >= 4 is 12.2 Å². The van der Waals surface area contributed by atoms with E-state index < -0.39 is 0 Å². The van der Waals surface area contributed by atoms with Crippen molar-refractivity contribution in [3.05, 3.63) is 58.4 Å². The van der Waals surface area contributed by atoms with E-state index in [4.69, 9.17) is 21.7 Å². The fraction of sp³-hybridized carbons (Fsp3) is 0.316. The van der Waals surface area contributed by atoms with Crippen molar-refractivity contribution in [3.8, 4) is 17.2 Å². The van der Waals surface area contributed by atoms with Gasteiger partial charge in [0.15, 0.2) is 11.5 Å². The third-order valence-corrected chi connectivity index (χ3v) is 5.15. The average molecular weight is 383 g/mol. The van der Waals surface area contributed by atoms with Crippen LogP contribution in [0, 0.1) is 4.77 Å². The van der Waals surface area contributed by atoms with E-state index in [0.29, 0.717) is 11.4 Å². The zero-order valence-corrected chi connectivity index (χ0v) is 16.1. The van der Waals surface area contributed by atoms with Crippen LogP contribution in [-0.4, -0.2) is 45.5 Å². The molecule has 140 valence electrons. The highest BCUT2D eigenvalue weighted by atomic mass is 32.1. The van der Waals surface area contributed by atoms with E-state index in [0.717, 1.165) is 36.7 Å². The van der Waals surface area contributed by atoms with Crippen LogP contribution in [0.5, 0.6) is 11.5 Å². The minimum atomic E-state index is 0.583. The predicted molar refractivity (Wildman–Crippen MR) is 104 cm³/mol. The molecule has 0 saturated heterocycles. The van der Waals surface area contributed by atoms with Crippen molar-refractivity contribution in [2.75, 3.05) is 20.8 Å². The normalized spacial score (nSPS) is 14.0. The van der Waals surface area contributed by atoms with Gasteiger partial charge in [0.05, 0.1) is 26.6 Å². The number of tetrazole rings is 1. The number of ether oxygens (including phenoxy) is 2. The first-order valence-electron chi connectivity index (χ1n) is 8.74. The molecule has 1 aliphatic heterocycles. The molecule has 0 fully saturated rings. The first-order chi connectivity index (χ1) is 13.2. The Labute approximate surface area is 162 Å². The van der Waals surface area contributed by atoms with Gasteiger partial charge in [-0.25, -0.2) is 4.68 Å². The Morgan fingerprint density at radius 1 is 1.00 bits per heavy atom. The van der Waals surface area contributed by atoms with Gasteiger partial charge in [0.2, 0.25) is 4.77 Å². The summed E-state index contributed by atoms with van der Waals surface area (Å²) in [6, 6.07) is 13.9. The summed E-state index contributed by atoms with van der Waals surface area (Å²) in [5, 5.41) is 8.45. The van der Waals surface area contributed by atoms with Crippen LogP contribution in [-0.2, 0) is 19.6 Å². The zero-order chi connectivity index (χ0) is 18.8. The molecule has 3 aromatic rings. The third-order valence-electron chi connectivity index (χ3n) is 4.77. The van der Waals surface area contributed by atoms with Crippen molar-refractivity contribution in [1.29, 1.82) is 0 Å². The Kier molecular flexibility index (Phi) is 4.91. The fourth-order valence-electron chi connectivity index (χ4n) is 3.35. The molecule has 0 amide bonds. The molecule has 1 aliphatic rings. The molecule has 0 spiro atoms. The second kappa shape index (κ2) is 7.50. The molecule has 0 atom stereocenters. The summed E-state index contributed by atoms with van der Waals surface area (Å²) in [6.45, 7) is 2.32. The smallest absolute Gasteiger partial charge is 0.221 e. The van der Waals surface area contributed by atoms with Crippen molar-refractivity contribution in [2.45, 2.75) is 19.6 Å². The van der Waals surface area contributed by atoms with Gasteiger partial charge in [-0.2, -0.15) is 4.68 Å². The van der Waals surface area contributed by atoms with E-state index in [9.17, 15) is 0 Å². The molecule has 1 aromatic heterocycles. The quantitative estimate of drug-likeness (QED) is 0.632. The molecule has 7 nitrogen and oxygen atoms in total. The summed E-state index contributed by atoms with van der Waals surface area (Å²) in [5.74, 6) is 1.53. The molecule has 0 N–H and O–H groups in total. The minimum absolute atomic E-state index is 0.583. The number of rotatable bonds is 5. The van der Waals surface area contributed by atoms with Crippen LogP contribution in [0.2, 0.25) is 0 Å². The van der Waals surface area contributed by atoms with E-state index >= 15 is 0 Å². The second-order valence-corrected chi connectivity index (χ2v) is 6.79. The van der Waals surface area contributed by atoms with E-state index in [2.05, 4.69) is 27.5 Å². The molecular weight excluding hydrogens is 362 g/mol. The highest BCUT2D eigenvalue weighted by Crippen LogP contribution is 2.33. The Morgan fingerprint density at radius 3 is 2.41 bits per heavy atom. The van der Waals surface area contributed by atoms with Crippen LogP contribution in [0.1, 0.15) is 11.1 Å². The SMILES string of the molecule is COc1cc2c(cc1OC)CN(Cn1nnn(-c3ccccc3)c1=S)CC2. The van der Waals surface area contributed by atoms with Crippen LogP contribution in [0.25, 0.3) is 5.69 Å². The van der Waals surface area contributed by atoms with Crippen LogP contribution < -0.4 is 9.47 Å². The Morgan fingerprint density at radius 2 is 1.70 bits per heavy atom. The molecule has 4 rings (SSSR count). The highest BCUT2D eigenvalue weighted by Gasteiger charge is 2.20. The number of nitrogens with zero attached hydrogens (tertiary/aromatic N) is 5. The number of aromatic nitrogens is 4. The number of para-hydroxylation sites is 1. The summed E-state index contributed by atoms with van der Waals surface area (Å²) in [6.07, 6.45) is 0.940. The van der Waals surface area contributed by atoms with Gasteiger partial charge >= 0.3 is 0 Å². The molecule has 0 radical (unpaired) electrons. The van der Waals surface area contributed by atoms with Gasteiger partial charge < -0.3 is 9.47 Å². The van der Waals surface area contributed by atoms with Crippen molar-refractivity contribution in [3.63, 3.8) is 0 Å². The molecular formula is C19H21N5O2S. The van der Waals surface area contributed by atoms with Gasteiger partial charge in [0, 0.05) is 13.1 Å². The van der Waals surface area contributed by atoms with Gasteiger partial charge in [-0.15, -0.1) is 0 Å². The maximum Gasteiger partial charge on any atom is 0.221 e. The lowest BCUT2D eigenvalue weighted by Crippen LogP contribution is -2.33. The highest BCUT2D eigenvalue weighted by molar-refractivity contribution is 7.71. The molecule has 0 unspecified atom stereocenters. The van der Waals surface area contributed by atoms with Gasteiger partial charge in [-0.3, -0.25) is 4.90 Å². The van der Waals surface area contributed by atoms with Crippen molar-refractivity contribution < 1.29 is 9.47 Å². The van der Waals surface area contributed by atoms with Gasteiger partial charge in [0.1, 0.15) is 0 Å². The van der Waals surface area contributed by atoms with Crippen molar-refractivity contribution in [2.24, 2.45) is 0 Å². The Bertz CT molecular complexity index is 999. The summed E-state index contributed by atoms with van der Waals surface area (Å²) < 4.78 is 14.9. The Hall–Kier alpha value is -2.71. The third kappa shape index (κ3) is 3.45. The molecule has 0 saturated carbocycles. The lowest BCUT2D eigenvalue weighted by molar-refractivity contribution is 0.186. The summed E-state index contributed by atoms with van der Waals surface area (Å²) in [7, 11) is 3.32. The number of hydrogen-bond acceptors (Lipinski definition) is 6. The topological polar surface area (TPSA) is 57.3 Å². The average Bonchev–Trinajstić information content (AvgIpc) is 3.07. The molecule has 27 heavy (non-hydrogen) atoms. The van der Waals surface area contributed by atoms with Crippen LogP contribution >= 0.6 is 12.2 Å². The zero-order valence-electron chi connectivity index (χ0n) is 15.3. The number of hydrogen-bond donors (Lipinski definition) is 0. The van der Waals surface area contributed by atoms with Gasteiger partial charge in [0.25, 0.3) is 0 Å². The first-order valence-corrected chi connectivity index (χ1v) is 9.15. The van der Waals surface area contributed by atoms with Crippen molar-refractivity contribution in [1.82, 2.24) is 24.7 Å². The Balaban J connectivity index is 1.54. The van der Waals surface area contributed by atoms with E-state index in [-0.39, 0.29) is 0 Å². The van der Waals surface area contributed by atoms with Crippen LogP contribution in [0.3, 0.4) is 0 Å². The largest absolute Gasteiger partial charge is 0.493 e. The van der Waals surface area contributed by atoms with E-state index in [1.54, 1.807) is 23.6 Å². The standard InChI is InChI=1S/C19H21N5O2S/c1-25-17-10-14-8-9-22(12-15(14)11-18(17)26-2)13-23-19(27)24(21-20-23)16-6-4-3-5-7-16/h3-7,10-11H,8-9,12-13H2,1-2H3. The number of benzene rings is 2. The number of methoxy groups -OCH3 is 2. The van der Waals surface area contributed by atoms with E-state index in [1.165, 1.54) is 11.1 Å². The molecule has 8 heteroatoms. The molecule has 2 heterocycles. The maximum atomic E-state index is 5.56. The first kappa shape index (κ1) is 17.7. The van der Waals surface area contributed by atoms with Crippen LogP contribution in [0.4, 0.5) is 0 Å². The molecule has 0 bridgehead atoms. The second-order valence-electron chi connectivity index (χ2n) is 6.43. The minimum Gasteiger partial charge on any atom is -0.493 e. The maximum absolute atomic E-state index is 5.56. The fourth-order valence-corrected chi connectivity index (χ4v) is 3.58.